The van der Waals surface area contributed by atoms with E-state index in [1.807, 2.05) is 5.38 Å². The molecule has 0 spiro atoms. The third-order valence-electron chi connectivity index (χ3n) is 3.73. The van der Waals surface area contributed by atoms with Crippen LogP contribution in [0.15, 0.2) is 34.6 Å². The number of carboxylic acid groups (broad SMARTS) is 1. The number of nitrogens with zero attached hydrogens (tertiary/aromatic N) is 3. The van der Waals surface area contributed by atoms with Crippen LogP contribution in [0.3, 0.4) is 0 Å². The van der Waals surface area contributed by atoms with Crippen LogP contribution in [0.2, 0.25) is 0 Å². The van der Waals surface area contributed by atoms with Crippen molar-refractivity contribution in [3.05, 3.63) is 56.4 Å². The lowest BCUT2D eigenvalue weighted by molar-refractivity contribution is -0.131. The molecule has 0 fully saturated rings. The van der Waals surface area contributed by atoms with Crippen LogP contribution in [0, 0.1) is 0 Å². The number of ether oxygens (including phenoxy) is 1. The smallest absolute Gasteiger partial charge is 0.328 e. The number of carboxylic acids is 1. The number of hydrogen-bond donors (Lipinski definition) is 2. The van der Waals surface area contributed by atoms with Crippen LogP contribution < -0.4 is 10.3 Å². The van der Waals surface area contributed by atoms with Gasteiger partial charge in [0.1, 0.15) is 28.6 Å². The molecule has 0 aliphatic heterocycles. The van der Waals surface area contributed by atoms with E-state index in [0.717, 1.165) is 22.9 Å². The van der Waals surface area contributed by atoms with E-state index < -0.39 is 17.4 Å². The summed E-state index contributed by atoms with van der Waals surface area (Å²) in [6, 6.07) is 3.11. The summed E-state index contributed by atoms with van der Waals surface area (Å²) in [6.45, 7) is 4.42. The standard InChI is InChI=1S/C18H17N3O5S/c1-10(2)13-9-27-15(19-13)8-26-11-5-6-21-14(7-11)20-17(24)12(18(21)25)3-4-16(22)23/h3-7,9-10,24H,8H2,1-2H3,(H,22,23)/b4-3+. The number of fused-ring (bicyclic) bond motifs is 1. The summed E-state index contributed by atoms with van der Waals surface area (Å²) in [6.07, 6.45) is 3.24. The molecule has 8 nitrogen and oxygen atoms in total. The minimum atomic E-state index is -1.23. The summed E-state index contributed by atoms with van der Waals surface area (Å²) >= 11 is 1.51. The average molecular weight is 387 g/mol. The molecule has 0 unspecified atom stereocenters. The first-order valence-corrected chi connectivity index (χ1v) is 8.96. The fourth-order valence-electron chi connectivity index (χ4n) is 2.31. The zero-order valence-corrected chi connectivity index (χ0v) is 15.4. The van der Waals surface area contributed by atoms with Crippen LogP contribution in [-0.4, -0.2) is 30.6 Å². The fourth-order valence-corrected chi connectivity index (χ4v) is 3.18. The molecule has 3 heterocycles. The molecule has 0 aromatic carbocycles. The first kappa shape index (κ1) is 18.6. The van der Waals surface area contributed by atoms with Gasteiger partial charge in [-0.15, -0.1) is 11.3 Å². The second kappa shape index (κ2) is 7.58. The molecule has 9 heteroatoms. The van der Waals surface area contributed by atoms with Gasteiger partial charge in [-0.1, -0.05) is 13.8 Å². The van der Waals surface area contributed by atoms with Crippen LogP contribution in [0.4, 0.5) is 0 Å². The van der Waals surface area contributed by atoms with Gasteiger partial charge in [0, 0.05) is 23.7 Å². The largest absolute Gasteiger partial charge is 0.493 e. The van der Waals surface area contributed by atoms with Crippen molar-refractivity contribution in [2.45, 2.75) is 26.4 Å². The molecule has 2 N–H and O–H groups in total. The van der Waals surface area contributed by atoms with Gasteiger partial charge in [-0.3, -0.25) is 9.20 Å². The molecule has 0 aliphatic carbocycles. The highest BCUT2D eigenvalue weighted by atomic mass is 32.1. The molecule has 0 bridgehead atoms. The number of hydrogen-bond acceptors (Lipinski definition) is 7. The second-order valence-corrected chi connectivity index (χ2v) is 6.97. The lowest BCUT2D eigenvalue weighted by atomic mass is 10.2. The molecule has 0 saturated carbocycles. The Hall–Kier alpha value is -3.20. The summed E-state index contributed by atoms with van der Waals surface area (Å²) < 4.78 is 6.90. The number of carbonyl (C=O) groups is 1. The summed E-state index contributed by atoms with van der Waals surface area (Å²) in [4.78, 5) is 31.4. The molecule has 3 aromatic rings. The predicted octanol–water partition coefficient (Wildman–Crippen LogP) is 2.66. The Labute approximate surface area is 158 Å². The Morgan fingerprint density at radius 2 is 2.19 bits per heavy atom. The first-order valence-electron chi connectivity index (χ1n) is 8.08. The maximum absolute atomic E-state index is 12.4. The minimum Gasteiger partial charge on any atom is -0.493 e. The summed E-state index contributed by atoms with van der Waals surface area (Å²) in [5.41, 5.74) is 0.414. The summed E-state index contributed by atoms with van der Waals surface area (Å²) in [7, 11) is 0. The molecular weight excluding hydrogens is 370 g/mol. The van der Waals surface area contributed by atoms with Crippen molar-refractivity contribution < 1.29 is 19.7 Å². The molecule has 140 valence electrons. The van der Waals surface area contributed by atoms with Crippen LogP contribution >= 0.6 is 11.3 Å². The van der Waals surface area contributed by atoms with E-state index >= 15 is 0 Å². The van der Waals surface area contributed by atoms with Gasteiger partial charge in [0.05, 0.1) is 5.69 Å². The third-order valence-corrected chi connectivity index (χ3v) is 4.57. The average Bonchev–Trinajstić information content (AvgIpc) is 3.08. The van der Waals surface area contributed by atoms with Gasteiger partial charge in [-0.2, -0.15) is 4.98 Å². The quantitative estimate of drug-likeness (QED) is 0.625. The van der Waals surface area contributed by atoms with Crippen molar-refractivity contribution >= 4 is 29.0 Å². The van der Waals surface area contributed by atoms with E-state index in [1.54, 1.807) is 6.07 Å². The number of aliphatic carboxylic acids is 1. The normalized spacial score (nSPS) is 11.5. The van der Waals surface area contributed by atoms with Crippen molar-refractivity contribution in [1.29, 1.82) is 0 Å². The molecular formula is C18H17N3O5S. The van der Waals surface area contributed by atoms with E-state index in [9.17, 15) is 14.7 Å². The SMILES string of the molecule is CC(C)c1csc(COc2ccn3c(=O)c(/C=C/C(=O)O)c(O)nc3c2)n1. The van der Waals surface area contributed by atoms with Crippen molar-refractivity contribution in [1.82, 2.24) is 14.4 Å². The molecule has 0 saturated heterocycles. The highest BCUT2D eigenvalue weighted by Gasteiger charge is 2.11. The zero-order valence-electron chi connectivity index (χ0n) is 14.6. The second-order valence-electron chi connectivity index (χ2n) is 6.03. The van der Waals surface area contributed by atoms with Crippen LogP contribution in [0.25, 0.3) is 11.7 Å². The number of aromatic nitrogens is 3. The van der Waals surface area contributed by atoms with Crippen LogP contribution in [0.5, 0.6) is 11.6 Å². The van der Waals surface area contributed by atoms with Gasteiger partial charge in [0.15, 0.2) is 0 Å². The number of pyridine rings is 1. The van der Waals surface area contributed by atoms with E-state index in [4.69, 9.17) is 9.84 Å². The molecule has 3 rings (SSSR count). The topological polar surface area (TPSA) is 114 Å². The molecule has 27 heavy (non-hydrogen) atoms. The van der Waals surface area contributed by atoms with Crippen molar-refractivity contribution in [3.63, 3.8) is 0 Å². The monoisotopic (exact) mass is 387 g/mol. The highest BCUT2D eigenvalue weighted by Crippen LogP contribution is 2.21. The Kier molecular flexibility index (Phi) is 5.22. The number of aromatic hydroxyl groups is 1. The third kappa shape index (κ3) is 4.14. The van der Waals surface area contributed by atoms with Gasteiger partial charge in [0.2, 0.25) is 5.88 Å². The van der Waals surface area contributed by atoms with Crippen molar-refractivity contribution in [2.24, 2.45) is 0 Å². The van der Waals surface area contributed by atoms with E-state index in [1.165, 1.54) is 28.0 Å². The van der Waals surface area contributed by atoms with Crippen LogP contribution in [-0.2, 0) is 11.4 Å². The van der Waals surface area contributed by atoms with Crippen LogP contribution in [0.1, 0.15) is 36.0 Å². The number of rotatable bonds is 6. The van der Waals surface area contributed by atoms with Crippen molar-refractivity contribution in [2.75, 3.05) is 0 Å². The van der Waals surface area contributed by atoms with E-state index in [2.05, 4.69) is 23.8 Å². The molecule has 3 aromatic heterocycles. The number of thiazole rings is 1. The molecule has 0 atom stereocenters. The van der Waals surface area contributed by atoms with Crippen molar-refractivity contribution in [3.8, 4) is 11.6 Å². The molecule has 0 radical (unpaired) electrons. The van der Waals surface area contributed by atoms with Gasteiger partial charge in [-0.05, 0) is 18.1 Å². The maximum atomic E-state index is 12.4. The Balaban J connectivity index is 1.85. The summed E-state index contributed by atoms with van der Waals surface area (Å²) in [5.74, 6) is -0.961. The fraction of sp³-hybridized carbons (Fsp3) is 0.222. The Morgan fingerprint density at radius 1 is 1.41 bits per heavy atom. The van der Waals surface area contributed by atoms with E-state index in [0.29, 0.717) is 11.7 Å². The van der Waals surface area contributed by atoms with Gasteiger partial charge in [-0.25, -0.2) is 9.78 Å². The van der Waals surface area contributed by atoms with E-state index in [-0.39, 0.29) is 17.8 Å². The highest BCUT2D eigenvalue weighted by molar-refractivity contribution is 7.09. The Morgan fingerprint density at radius 3 is 2.85 bits per heavy atom. The van der Waals surface area contributed by atoms with Gasteiger partial charge >= 0.3 is 5.97 Å². The molecule has 0 amide bonds. The minimum absolute atomic E-state index is 0.185. The summed E-state index contributed by atoms with van der Waals surface area (Å²) in [5, 5.41) is 21.4. The van der Waals surface area contributed by atoms with Gasteiger partial charge in [0.25, 0.3) is 5.56 Å². The Bertz CT molecular complexity index is 1080. The molecule has 0 aliphatic rings. The lowest BCUT2D eigenvalue weighted by Crippen LogP contribution is -2.17. The first-order chi connectivity index (χ1) is 12.8. The lowest BCUT2D eigenvalue weighted by Gasteiger charge is -2.07. The maximum Gasteiger partial charge on any atom is 0.328 e. The predicted molar refractivity (Wildman–Crippen MR) is 100 cm³/mol. The zero-order chi connectivity index (χ0) is 19.6. The van der Waals surface area contributed by atoms with Gasteiger partial charge < -0.3 is 14.9 Å².